The number of aromatic nitrogens is 1. The molecule has 0 aromatic carbocycles. The van der Waals surface area contributed by atoms with Crippen molar-refractivity contribution in [3.05, 3.63) is 18.3 Å². The molecule has 1 fully saturated rings. The zero-order valence-electron chi connectivity index (χ0n) is 10.8. The minimum Gasteiger partial charge on any atom is -0.473 e. The number of hydrogen-bond acceptors (Lipinski definition) is 4. The zero-order valence-corrected chi connectivity index (χ0v) is 10.8. The average molecular weight is 249 g/mol. The molecular weight excluding hydrogens is 230 g/mol. The molecule has 0 bridgehead atoms. The number of carbonyl (C=O) groups is 1. The van der Waals surface area contributed by atoms with E-state index >= 15 is 0 Å². The predicted octanol–water partition coefficient (Wildman–Crippen LogP) is 1.42. The van der Waals surface area contributed by atoms with E-state index in [-0.39, 0.29) is 12.0 Å². The minimum atomic E-state index is 0.0168. The number of rotatable bonds is 5. The Kier molecular flexibility index (Phi) is 4.15. The van der Waals surface area contributed by atoms with Crippen molar-refractivity contribution in [3.8, 4) is 5.88 Å². The summed E-state index contributed by atoms with van der Waals surface area (Å²) >= 11 is 0. The van der Waals surface area contributed by atoms with E-state index < -0.39 is 0 Å². The quantitative estimate of drug-likeness (QED) is 0.828. The molecule has 0 spiro atoms. The van der Waals surface area contributed by atoms with Crippen LogP contribution in [0, 0.1) is 5.92 Å². The molecule has 0 saturated carbocycles. The Hall–Kier alpha value is -1.62. The van der Waals surface area contributed by atoms with Gasteiger partial charge in [-0.3, -0.25) is 4.79 Å². The third kappa shape index (κ3) is 3.43. The summed E-state index contributed by atoms with van der Waals surface area (Å²) in [5.74, 6) is 0.951. The summed E-state index contributed by atoms with van der Waals surface area (Å²) in [5.41, 5.74) is 0.642. The van der Waals surface area contributed by atoms with E-state index in [2.05, 4.69) is 15.6 Å². The van der Waals surface area contributed by atoms with Gasteiger partial charge in [0.15, 0.2) is 0 Å². The summed E-state index contributed by atoms with van der Waals surface area (Å²) in [5, 5.41) is 6.01. The Labute approximate surface area is 107 Å². The SMILES string of the molecule is CC(C)Oc1ncccc1NC(=O)CC1CNC1. The lowest BCUT2D eigenvalue weighted by molar-refractivity contribution is -0.117. The monoisotopic (exact) mass is 249 g/mol. The third-order valence-electron chi connectivity index (χ3n) is 2.73. The van der Waals surface area contributed by atoms with Gasteiger partial charge in [0, 0.05) is 12.6 Å². The van der Waals surface area contributed by atoms with Crippen LogP contribution in [0.2, 0.25) is 0 Å². The molecule has 2 heterocycles. The van der Waals surface area contributed by atoms with Gasteiger partial charge in [0.25, 0.3) is 0 Å². The molecule has 5 heteroatoms. The lowest BCUT2D eigenvalue weighted by Gasteiger charge is -2.26. The highest BCUT2D eigenvalue weighted by Crippen LogP contribution is 2.22. The Morgan fingerprint density at radius 3 is 3.00 bits per heavy atom. The predicted molar refractivity (Wildman–Crippen MR) is 69.6 cm³/mol. The molecule has 5 nitrogen and oxygen atoms in total. The van der Waals surface area contributed by atoms with E-state index in [9.17, 15) is 4.79 Å². The highest BCUT2D eigenvalue weighted by atomic mass is 16.5. The van der Waals surface area contributed by atoms with Crippen molar-refractivity contribution in [1.82, 2.24) is 10.3 Å². The molecule has 0 aliphatic carbocycles. The van der Waals surface area contributed by atoms with Gasteiger partial charge in [-0.2, -0.15) is 0 Å². The molecule has 0 atom stereocenters. The third-order valence-corrected chi connectivity index (χ3v) is 2.73. The van der Waals surface area contributed by atoms with Crippen LogP contribution in [0.3, 0.4) is 0 Å². The van der Waals surface area contributed by atoms with Crippen molar-refractivity contribution in [3.63, 3.8) is 0 Å². The van der Waals surface area contributed by atoms with Crippen molar-refractivity contribution < 1.29 is 9.53 Å². The second-order valence-electron chi connectivity index (χ2n) is 4.80. The highest BCUT2D eigenvalue weighted by Gasteiger charge is 2.20. The van der Waals surface area contributed by atoms with E-state index in [4.69, 9.17) is 4.74 Å². The minimum absolute atomic E-state index is 0.0168. The van der Waals surface area contributed by atoms with E-state index in [1.807, 2.05) is 19.9 Å². The summed E-state index contributed by atoms with van der Waals surface area (Å²) in [4.78, 5) is 16.0. The first-order valence-corrected chi connectivity index (χ1v) is 6.27. The normalized spacial score (nSPS) is 15.3. The first kappa shape index (κ1) is 12.8. The van der Waals surface area contributed by atoms with E-state index in [1.165, 1.54) is 0 Å². The molecule has 1 aliphatic rings. The Bertz CT molecular complexity index is 416. The van der Waals surface area contributed by atoms with Crippen molar-refractivity contribution >= 4 is 11.6 Å². The van der Waals surface area contributed by atoms with Gasteiger partial charge < -0.3 is 15.4 Å². The first-order chi connectivity index (χ1) is 8.65. The van der Waals surface area contributed by atoms with Crippen LogP contribution in [0.25, 0.3) is 0 Å². The van der Waals surface area contributed by atoms with Gasteiger partial charge in [0.1, 0.15) is 5.69 Å². The van der Waals surface area contributed by atoms with E-state index in [0.29, 0.717) is 23.9 Å². The molecule has 1 aromatic rings. The Balaban J connectivity index is 1.96. The molecule has 0 radical (unpaired) electrons. The lowest BCUT2D eigenvalue weighted by atomic mass is 9.99. The summed E-state index contributed by atoms with van der Waals surface area (Å²) in [6, 6.07) is 3.59. The number of nitrogens with one attached hydrogen (secondary N) is 2. The Morgan fingerprint density at radius 1 is 1.61 bits per heavy atom. The van der Waals surface area contributed by atoms with Crippen molar-refractivity contribution in [2.45, 2.75) is 26.4 Å². The summed E-state index contributed by atoms with van der Waals surface area (Å²) in [6.45, 7) is 5.71. The number of carbonyl (C=O) groups excluding carboxylic acids is 1. The molecule has 18 heavy (non-hydrogen) atoms. The fraction of sp³-hybridized carbons (Fsp3) is 0.538. The number of pyridine rings is 1. The molecular formula is C13H19N3O2. The zero-order chi connectivity index (χ0) is 13.0. The number of amides is 1. The maximum absolute atomic E-state index is 11.8. The van der Waals surface area contributed by atoms with Crippen LogP contribution in [0.15, 0.2) is 18.3 Å². The molecule has 1 amide bonds. The molecule has 1 aromatic heterocycles. The number of nitrogens with zero attached hydrogens (tertiary/aromatic N) is 1. The van der Waals surface area contributed by atoms with Gasteiger partial charge >= 0.3 is 0 Å². The van der Waals surface area contributed by atoms with Crippen LogP contribution in [0.1, 0.15) is 20.3 Å². The largest absolute Gasteiger partial charge is 0.473 e. The first-order valence-electron chi connectivity index (χ1n) is 6.27. The van der Waals surface area contributed by atoms with Crippen LogP contribution in [0.5, 0.6) is 5.88 Å². The summed E-state index contributed by atoms with van der Waals surface area (Å²) in [6.07, 6.45) is 2.23. The van der Waals surface area contributed by atoms with Crippen LogP contribution in [-0.2, 0) is 4.79 Å². The van der Waals surface area contributed by atoms with Gasteiger partial charge in [0.2, 0.25) is 11.8 Å². The number of anilines is 1. The van der Waals surface area contributed by atoms with Crippen molar-refractivity contribution in [2.75, 3.05) is 18.4 Å². The smallest absolute Gasteiger partial charge is 0.238 e. The maximum Gasteiger partial charge on any atom is 0.238 e. The van der Waals surface area contributed by atoms with Crippen molar-refractivity contribution in [1.29, 1.82) is 0 Å². The standard InChI is InChI=1S/C13H19N3O2/c1-9(2)18-13-11(4-3-5-15-13)16-12(17)6-10-7-14-8-10/h3-5,9-10,14H,6-8H2,1-2H3,(H,16,17). The van der Waals surface area contributed by atoms with Gasteiger partial charge in [-0.05, 0) is 45.0 Å². The summed E-state index contributed by atoms with van der Waals surface area (Å²) in [7, 11) is 0. The van der Waals surface area contributed by atoms with Gasteiger partial charge in [-0.25, -0.2) is 4.98 Å². The summed E-state index contributed by atoms with van der Waals surface area (Å²) < 4.78 is 5.55. The molecule has 2 N–H and O–H groups in total. The number of hydrogen-bond donors (Lipinski definition) is 2. The van der Waals surface area contributed by atoms with Crippen molar-refractivity contribution in [2.24, 2.45) is 5.92 Å². The molecule has 2 rings (SSSR count). The Morgan fingerprint density at radius 2 is 2.39 bits per heavy atom. The van der Waals surface area contributed by atoms with E-state index in [0.717, 1.165) is 13.1 Å². The van der Waals surface area contributed by atoms with Gasteiger partial charge in [-0.1, -0.05) is 0 Å². The van der Waals surface area contributed by atoms with Gasteiger partial charge in [-0.15, -0.1) is 0 Å². The molecule has 98 valence electrons. The van der Waals surface area contributed by atoms with Crippen LogP contribution >= 0.6 is 0 Å². The fourth-order valence-corrected chi connectivity index (χ4v) is 1.76. The lowest BCUT2D eigenvalue weighted by Crippen LogP contribution is -2.43. The van der Waals surface area contributed by atoms with Crippen LogP contribution < -0.4 is 15.4 Å². The highest BCUT2D eigenvalue weighted by molar-refractivity contribution is 5.92. The maximum atomic E-state index is 11.8. The topological polar surface area (TPSA) is 63.2 Å². The molecule has 0 unspecified atom stereocenters. The average Bonchev–Trinajstić information content (AvgIpc) is 2.26. The molecule has 1 saturated heterocycles. The number of ether oxygens (including phenoxy) is 1. The fourth-order valence-electron chi connectivity index (χ4n) is 1.76. The van der Waals surface area contributed by atoms with Crippen LogP contribution in [-0.4, -0.2) is 30.1 Å². The second-order valence-corrected chi connectivity index (χ2v) is 4.80. The van der Waals surface area contributed by atoms with Crippen LogP contribution in [0.4, 0.5) is 5.69 Å². The molecule has 1 aliphatic heterocycles. The van der Waals surface area contributed by atoms with Gasteiger partial charge in [0.05, 0.1) is 6.10 Å². The van der Waals surface area contributed by atoms with E-state index in [1.54, 1.807) is 12.3 Å². The second kappa shape index (κ2) is 5.82.